The quantitative estimate of drug-likeness (QED) is 0.369. The summed E-state index contributed by atoms with van der Waals surface area (Å²) in [5, 5.41) is 20.1. The summed E-state index contributed by atoms with van der Waals surface area (Å²) in [7, 11) is 0. The second-order valence-corrected chi connectivity index (χ2v) is 5.89. The number of Topliss-reactive ketones (excluding diaryl/α,β-unsaturated/α-hetero) is 1. The van der Waals surface area contributed by atoms with E-state index in [0.717, 1.165) is 11.8 Å². The Kier molecular flexibility index (Phi) is 6.00. The number of carbonyl (C=O) groups is 1. The zero-order valence-corrected chi connectivity index (χ0v) is 13.4. The predicted molar refractivity (Wildman–Crippen MR) is 93.6 cm³/mol. The van der Waals surface area contributed by atoms with Gasteiger partial charge in [0.15, 0.2) is 11.0 Å². The Bertz CT molecular complexity index is 720. The lowest BCUT2D eigenvalue weighted by molar-refractivity contribution is 0.102. The SMILES string of the molecule is NC(=Nc1cccc(N([O-])O)c1)SCC(=O)c1ccc(Cl)cc1. The highest BCUT2D eigenvalue weighted by atomic mass is 35.5. The molecule has 0 aliphatic heterocycles. The van der Waals surface area contributed by atoms with Gasteiger partial charge in [0.05, 0.1) is 17.1 Å². The van der Waals surface area contributed by atoms with Crippen molar-refractivity contribution in [3.63, 3.8) is 0 Å². The van der Waals surface area contributed by atoms with Gasteiger partial charge in [0, 0.05) is 10.6 Å². The molecular weight excluding hydrogens is 338 g/mol. The molecule has 0 bridgehead atoms. The largest absolute Gasteiger partial charge is 0.733 e. The minimum absolute atomic E-state index is 0.0429. The van der Waals surface area contributed by atoms with E-state index in [2.05, 4.69) is 4.99 Å². The van der Waals surface area contributed by atoms with Gasteiger partial charge < -0.3 is 16.2 Å². The van der Waals surface area contributed by atoms with Crippen LogP contribution in [0.5, 0.6) is 0 Å². The average molecular weight is 351 g/mol. The summed E-state index contributed by atoms with van der Waals surface area (Å²) in [5.41, 5.74) is 6.76. The molecule has 0 fully saturated rings. The summed E-state index contributed by atoms with van der Waals surface area (Å²) in [4.78, 5) is 16.1. The van der Waals surface area contributed by atoms with E-state index in [9.17, 15) is 10.0 Å². The number of nitrogens with two attached hydrogens (primary N) is 1. The van der Waals surface area contributed by atoms with Crippen LogP contribution < -0.4 is 11.0 Å². The zero-order chi connectivity index (χ0) is 16.8. The number of halogens is 1. The molecule has 2 aromatic rings. The number of nitrogens with zero attached hydrogens (tertiary/aromatic N) is 2. The standard InChI is InChI=1S/C15H13ClN3O3S/c16-11-6-4-10(5-7-11)14(20)9-23-15(17)18-12-2-1-3-13(8-12)19(21)22/h1-8,21H,9H2,(H2,17,18)/q-1. The molecule has 0 saturated carbocycles. The second kappa shape index (κ2) is 7.98. The van der Waals surface area contributed by atoms with Crippen molar-refractivity contribution >= 4 is 45.7 Å². The van der Waals surface area contributed by atoms with Crippen molar-refractivity contribution in [3.05, 3.63) is 64.3 Å². The number of benzene rings is 2. The molecule has 0 amide bonds. The number of ketones is 1. The van der Waals surface area contributed by atoms with E-state index in [0.29, 0.717) is 16.3 Å². The van der Waals surface area contributed by atoms with Gasteiger partial charge in [0.1, 0.15) is 0 Å². The highest BCUT2D eigenvalue weighted by molar-refractivity contribution is 8.14. The lowest BCUT2D eigenvalue weighted by Gasteiger charge is -2.21. The van der Waals surface area contributed by atoms with Crippen LogP contribution in [-0.2, 0) is 0 Å². The van der Waals surface area contributed by atoms with Crippen LogP contribution in [0.15, 0.2) is 53.5 Å². The van der Waals surface area contributed by atoms with Crippen molar-refractivity contribution in [2.24, 2.45) is 10.7 Å². The van der Waals surface area contributed by atoms with E-state index in [1.54, 1.807) is 36.4 Å². The van der Waals surface area contributed by atoms with E-state index in [1.165, 1.54) is 12.1 Å². The normalized spacial score (nSPS) is 11.3. The molecule has 120 valence electrons. The smallest absolute Gasteiger partial charge is 0.173 e. The van der Waals surface area contributed by atoms with Gasteiger partial charge in [-0.05, 0) is 42.5 Å². The Balaban J connectivity index is 1.98. The molecule has 0 unspecified atom stereocenters. The number of hydrogen-bond donors (Lipinski definition) is 2. The topological polar surface area (TPSA) is 102 Å². The molecule has 0 atom stereocenters. The highest BCUT2D eigenvalue weighted by Gasteiger charge is 2.07. The molecule has 2 aromatic carbocycles. The van der Waals surface area contributed by atoms with Crippen molar-refractivity contribution in [2.75, 3.05) is 11.0 Å². The molecule has 0 aliphatic carbocycles. The first-order chi connectivity index (χ1) is 11.0. The maximum absolute atomic E-state index is 12.0. The van der Waals surface area contributed by atoms with Crippen molar-refractivity contribution in [1.82, 2.24) is 0 Å². The van der Waals surface area contributed by atoms with Crippen LogP contribution in [0, 0.1) is 5.21 Å². The highest BCUT2D eigenvalue weighted by Crippen LogP contribution is 2.21. The van der Waals surface area contributed by atoms with Crippen LogP contribution in [0.2, 0.25) is 5.02 Å². The molecule has 0 aromatic heterocycles. The zero-order valence-electron chi connectivity index (χ0n) is 11.8. The third-order valence-electron chi connectivity index (χ3n) is 2.81. The van der Waals surface area contributed by atoms with Crippen LogP contribution in [0.25, 0.3) is 0 Å². The van der Waals surface area contributed by atoms with Crippen molar-refractivity contribution in [2.45, 2.75) is 0 Å². The monoisotopic (exact) mass is 350 g/mol. The van der Waals surface area contributed by atoms with Gasteiger partial charge in [0.25, 0.3) is 0 Å². The van der Waals surface area contributed by atoms with E-state index in [1.807, 2.05) is 0 Å². The number of amidine groups is 1. The summed E-state index contributed by atoms with van der Waals surface area (Å²) in [6.07, 6.45) is 0. The van der Waals surface area contributed by atoms with Gasteiger partial charge in [-0.2, -0.15) is 0 Å². The molecule has 6 nitrogen and oxygen atoms in total. The Hall–Kier alpha value is -2.06. The summed E-state index contributed by atoms with van der Waals surface area (Å²) >= 11 is 6.85. The molecule has 2 rings (SSSR count). The van der Waals surface area contributed by atoms with E-state index >= 15 is 0 Å². The number of rotatable bonds is 5. The van der Waals surface area contributed by atoms with Crippen molar-refractivity contribution in [1.29, 1.82) is 0 Å². The van der Waals surface area contributed by atoms with Gasteiger partial charge in [0.2, 0.25) is 0 Å². The van der Waals surface area contributed by atoms with Gasteiger partial charge in [-0.25, -0.2) is 4.99 Å². The van der Waals surface area contributed by atoms with Gasteiger partial charge >= 0.3 is 0 Å². The van der Waals surface area contributed by atoms with Crippen LogP contribution in [0.1, 0.15) is 10.4 Å². The first-order valence-electron chi connectivity index (χ1n) is 6.47. The van der Waals surface area contributed by atoms with Gasteiger partial charge in [-0.15, -0.1) is 0 Å². The second-order valence-electron chi connectivity index (χ2n) is 4.46. The summed E-state index contributed by atoms with van der Waals surface area (Å²) in [5.74, 6) is 0.0318. The maximum Gasteiger partial charge on any atom is 0.173 e. The first-order valence-corrected chi connectivity index (χ1v) is 7.84. The van der Waals surface area contributed by atoms with E-state index in [4.69, 9.17) is 22.5 Å². The minimum atomic E-state index is -0.258. The minimum Gasteiger partial charge on any atom is -0.733 e. The fraction of sp³-hybridized carbons (Fsp3) is 0.0667. The number of thioether (sulfide) groups is 1. The van der Waals surface area contributed by atoms with Gasteiger partial charge in [-0.3, -0.25) is 10.0 Å². The molecule has 3 N–H and O–H groups in total. The Morgan fingerprint density at radius 3 is 2.65 bits per heavy atom. The lowest BCUT2D eigenvalue weighted by atomic mass is 10.1. The number of hydrogen-bond acceptors (Lipinski definition) is 6. The van der Waals surface area contributed by atoms with Crippen LogP contribution in [0.4, 0.5) is 11.4 Å². The number of anilines is 1. The van der Waals surface area contributed by atoms with Gasteiger partial charge in [-0.1, -0.05) is 29.4 Å². The number of carbonyl (C=O) groups excluding carboxylic acids is 1. The summed E-state index contributed by atoms with van der Waals surface area (Å²) in [6.45, 7) is 0. The maximum atomic E-state index is 12.0. The fourth-order valence-corrected chi connectivity index (χ4v) is 2.44. The average Bonchev–Trinajstić information content (AvgIpc) is 2.53. The third-order valence-corrected chi connectivity index (χ3v) is 3.85. The first kappa shape index (κ1) is 17.3. The molecule has 0 aliphatic rings. The molecular formula is C15H13ClN3O3S-. The molecule has 0 radical (unpaired) electrons. The summed E-state index contributed by atoms with van der Waals surface area (Å²) in [6, 6.07) is 12.6. The van der Waals surface area contributed by atoms with Crippen LogP contribution >= 0.6 is 23.4 Å². The van der Waals surface area contributed by atoms with Crippen molar-refractivity contribution in [3.8, 4) is 0 Å². The Morgan fingerprint density at radius 1 is 1.30 bits per heavy atom. The predicted octanol–water partition coefficient (Wildman–Crippen LogP) is 3.60. The molecule has 8 heteroatoms. The third kappa shape index (κ3) is 5.26. The van der Waals surface area contributed by atoms with Crippen LogP contribution in [0.3, 0.4) is 0 Å². The van der Waals surface area contributed by atoms with E-state index < -0.39 is 0 Å². The molecule has 0 heterocycles. The lowest BCUT2D eigenvalue weighted by Crippen LogP contribution is -2.11. The van der Waals surface area contributed by atoms with Crippen molar-refractivity contribution < 1.29 is 10.0 Å². The summed E-state index contributed by atoms with van der Waals surface area (Å²) < 4.78 is 0. The van der Waals surface area contributed by atoms with Crippen LogP contribution in [-0.4, -0.2) is 21.9 Å². The molecule has 0 spiro atoms. The van der Waals surface area contributed by atoms with E-state index in [-0.39, 0.29) is 27.6 Å². The Morgan fingerprint density at radius 2 is 2.00 bits per heavy atom. The molecule has 23 heavy (non-hydrogen) atoms. The molecule has 0 saturated heterocycles. The Labute approximate surface area is 142 Å². The number of aliphatic imine (C=N–C) groups is 1. The fourth-order valence-electron chi connectivity index (χ4n) is 1.70.